The van der Waals surface area contributed by atoms with Crippen LogP contribution in [0.15, 0.2) is 28.7 Å². The Morgan fingerprint density at radius 2 is 1.95 bits per heavy atom. The van der Waals surface area contributed by atoms with E-state index in [-0.39, 0.29) is 11.7 Å². The number of hydrogen-bond acceptors (Lipinski definition) is 2. The summed E-state index contributed by atoms with van der Waals surface area (Å²) in [6.07, 6.45) is 4.40. The van der Waals surface area contributed by atoms with Crippen LogP contribution >= 0.6 is 15.9 Å². The lowest BCUT2D eigenvalue weighted by Crippen LogP contribution is -2.48. The molecule has 1 aromatic carbocycles. The fraction of sp³-hybridized carbons (Fsp3) is 0.500. The van der Waals surface area contributed by atoms with Gasteiger partial charge in [-0.1, -0.05) is 35.7 Å². The Hall–Kier alpha value is -1.07. The van der Waals surface area contributed by atoms with Gasteiger partial charge in [-0.2, -0.15) is 0 Å². The van der Waals surface area contributed by atoms with Crippen LogP contribution in [0.25, 0.3) is 0 Å². The summed E-state index contributed by atoms with van der Waals surface area (Å²) >= 11 is 3.39. The van der Waals surface area contributed by atoms with Crippen LogP contribution in [-0.2, 0) is 0 Å². The van der Waals surface area contributed by atoms with E-state index < -0.39 is 0 Å². The maximum atomic E-state index is 12.0. The minimum Gasteiger partial charge on any atom is -0.317 e. The third-order valence-corrected chi connectivity index (χ3v) is 3.84. The molecule has 1 heterocycles. The molecule has 0 bridgehead atoms. The smallest absolute Gasteiger partial charge is 0.317 e. The Balaban J connectivity index is 2.04. The van der Waals surface area contributed by atoms with E-state index in [9.17, 15) is 4.79 Å². The predicted molar refractivity (Wildman–Crippen MR) is 80.8 cm³/mol. The van der Waals surface area contributed by atoms with Crippen LogP contribution in [0.5, 0.6) is 0 Å². The molecule has 0 saturated carbocycles. The number of hydrogen-bond donors (Lipinski definition) is 2. The molecule has 0 aliphatic carbocycles. The van der Waals surface area contributed by atoms with Crippen molar-refractivity contribution in [2.75, 3.05) is 5.01 Å². The lowest BCUT2D eigenvalue weighted by molar-refractivity contribution is 0.246. The molecule has 2 rings (SSSR count). The van der Waals surface area contributed by atoms with E-state index in [0.29, 0.717) is 0 Å². The molecule has 1 aliphatic heterocycles. The fourth-order valence-electron chi connectivity index (χ4n) is 2.24. The molecule has 0 radical (unpaired) electrons. The average Bonchev–Trinajstić information content (AvgIpc) is 2.67. The van der Waals surface area contributed by atoms with Crippen molar-refractivity contribution in [2.45, 2.75) is 45.2 Å². The third-order valence-electron chi connectivity index (χ3n) is 3.31. The summed E-state index contributed by atoms with van der Waals surface area (Å²) in [5, 5.41) is 4.60. The van der Waals surface area contributed by atoms with Gasteiger partial charge in [-0.25, -0.2) is 15.2 Å². The number of nitrogens with one attached hydrogen (secondary N) is 2. The maximum absolute atomic E-state index is 12.0. The lowest BCUT2D eigenvalue weighted by atomic mass is 10.1. The molecular weight excluding hydrogens is 306 g/mol. The van der Waals surface area contributed by atoms with Crippen molar-refractivity contribution < 1.29 is 4.79 Å². The Bertz CT molecular complexity index is 449. The number of anilines is 1. The number of benzene rings is 1. The molecular formula is C14H20BrN3O. The number of hydrazine groups is 1. The molecule has 1 fully saturated rings. The van der Waals surface area contributed by atoms with Gasteiger partial charge in [0.25, 0.3) is 0 Å². The van der Waals surface area contributed by atoms with Crippen LogP contribution in [0.3, 0.4) is 0 Å². The van der Waals surface area contributed by atoms with Crippen molar-refractivity contribution in [1.29, 1.82) is 0 Å². The first-order valence-corrected chi connectivity index (χ1v) is 7.49. The third kappa shape index (κ3) is 3.48. The van der Waals surface area contributed by atoms with Gasteiger partial charge in [0, 0.05) is 4.47 Å². The molecule has 2 amide bonds. The number of halogens is 1. The molecule has 4 nitrogen and oxygen atoms in total. The number of carbonyl (C=O) groups is 1. The van der Waals surface area contributed by atoms with Gasteiger partial charge in [0.1, 0.15) is 5.66 Å². The second kappa shape index (κ2) is 5.92. The number of amides is 2. The number of urea groups is 1. The van der Waals surface area contributed by atoms with E-state index in [1.165, 1.54) is 12.8 Å². The quantitative estimate of drug-likeness (QED) is 0.809. The highest BCUT2D eigenvalue weighted by atomic mass is 79.9. The molecule has 0 aromatic heterocycles. The summed E-state index contributed by atoms with van der Waals surface area (Å²) in [6, 6.07) is 7.58. The van der Waals surface area contributed by atoms with Crippen LogP contribution in [0.1, 0.15) is 39.5 Å². The summed E-state index contributed by atoms with van der Waals surface area (Å²) in [6.45, 7) is 4.20. The minimum absolute atomic E-state index is 0.0960. The Labute approximate surface area is 122 Å². The van der Waals surface area contributed by atoms with E-state index in [1.807, 2.05) is 31.2 Å². The van der Waals surface area contributed by atoms with Gasteiger partial charge in [-0.3, -0.25) is 0 Å². The second-order valence-corrected chi connectivity index (χ2v) is 6.06. The van der Waals surface area contributed by atoms with Gasteiger partial charge in [0.05, 0.1) is 5.69 Å². The molecule has 2 N–H and O–H groups in total. The van der Waals surface area contributed by atoms with Crippen molar-refractivity contribution in [3.05, 3.63) is 28.7 Å². The fourth-order valence-corrected chi connectivity index (χ4v) is 2.50. The lowest BCUT2D eigenvalue weighted by Gasteiger charge is -2.25. The monoisotopic (exact) mass is 325 g/mol. The second-order valence-electron chi connectivity index (χ2n) is 5.14. The summed E-state index contributed by atoms with van der Waals surface area (Å²) in [7, 11) is 0. The number of nitrogens with zero attached hydrogens (tertiary/aromatic N) is 1. The van der Waals surface area contributed by atoms with E-state index in [4.69, 9.17) is 0 Å². The molecule has 1 aliphatic rings. The summed E-state index contributed by atoms with van der Waals surface area (Å²) in [5.41, 5.74) is 3.77. The molecule has 1 atom stereocenters. The minimum atomic E-state index is -0.348. The topological polar surface area (TPSA) is 44.4 Å². The highest BCUT2D eigenvalue weighted by Gasteiger charge is 2.38. The zero-order valence-electron chi connectivity index (χ0n) is 11.4. The highest BCUT2D eigenvalue weighted by Crippen LogP contribution is 2.24. The van der Waals surface area contributed by atoms with Crippen molar-refractivity contribution in [3.8, 4) is 0 Å². The zero-order valence-corrected chi connectivity index (χ0v) is 13.0. The Morgan fingerprint density at radius 3 is 2.58 bits per heavy atom. The summed E-state index contributed by atoms with van der Waals surface area (Å²) in [4.78, 5) is 12.0. The van der Waals surface area contributed by atoms with E-state index in [2.05, 4.69) is 33.6 Å². The average molecular weight is 326 g/mol. The largest absolute Gasteiger partial charge is 0.338 e. The van der Waals surface area contributed by atoms with Gasteiger partial charge < -0.3 is 5.32 Å². The van der Waals surface area contributed by atoms with Crippen molar-refractivity contribution in [1.82, 2.24) is 10.7 Å². The van der Waals surface area contributed by atoms with Crippen LogP contribution < -0.4 is 15.8 Å². The van der Waals surface area contributed by atoms with E-state index >= 15 is 0 Å². The first-order chi connectivity index (χ1) is 9.04. The van der Waals surface area contributed by atoms with Gasteiger partial charge >= 0.3 is 6.03 Å². The van der Waals surface area contributed by atoms with Crippen molar-refractivity contribution in [2.24, 2.45) is 0 Å². The van der Waals surface area contributed by atoms with Crippen molar-refractivity contribution >= 4 is 27.6 Å². The van der Waals surface area contributed by atoms with Crippen LogP contribution in [-0.4, -0.2) is 11.7 Å². The number of rotatable bonds is 5. The molecule has 19 heavy (non-hydrogen) atoms. The maximum Gasteiger partial charge on any atom is 0.338 e. The number of carbonyl (C=O) groups excluding carboxylic acids is 1. The van der Waals surface area contributed by atoms with Gasteiger partial charge in [0.2, 0.25) is 0 Å². The normalized spacial score (nSPS) is 22.7. The molecule has 1 unspecified atom stereocenters. The van der Waals surface area contributed by atoms with Crippen LogP contribution in [0.4, 0.5) is 10.5 Å². The molecule has 1 saturated heterocycles. The highest BCUT2D eigenvalue weighted by molar-refractivity contribution is 9.10. The summed E-state index contributed by atoms with van der Waals surface area (Å²) < 4.78 is 1.00. The van der Waals surface area contributed by atoms with E-state index in [0.717, 1.165) is 23.0 Å². The van der Waals surface area contributed by atoms with Crippen molar-refractivity contribution in [3.63, 3.8) is 0 Å². The molecule has 104 valence electrons. The van der Waals surface area contributed by atoms with Gasteiger partial charge in [0.15, 0.2) is 0 Å². The zero-order chi connectivity index (χ0) is 13.9. The first-order valence-electron chi connectivity index (χ1n) is 6.70. The summed E-state index contributed by atoms with van der Waals surface area (Å²) in [5.74, 6) is 0. The molecule has 5 heteroatoms. The van der Waals surface area contributed by atoms with Gasteiger partial charge in [-0.05, 0) is 44.0 Å². The predicted octanol–water partition coefficient (Wildman–Crippen LogP) is 3.78. The van der Waals surface area contributed by atoms with Gasteiger partial charge in [-0.15, -0.1) is 0 Å². The molecule has 0 spiro atoms. The Kier molecular flexibility index (Phi) is 4.47. The Morgan fingerprint density at radius 1 is 1.26 bits per heavy atom. The standard InChI is InChI=1S/C14H20BrN3O/c1-3-4-5-10-14(2)16-13(19)18(17-14)12-8-6-11(15)7-9-12/h6-9,17H,3-5,10H2,1-2H3,(H,16,19). The van der Waals surface area contributed by atoms with E-state index in [1.54, 1.807) is 5.01 Å². The first kappa shape index (κ1) is 14.3. The van der Waals surface area contributed by atoms with Crippen LogP contribution in [0.2, 0.25) is 0 Å². The number of unbranched alkanes of at least 4 members (excludes halogenated alkanes) is 2. The van der Waals surface area contributed by atoms with Crippen LogP contribution in [0, 0.1) is 0 Å². The molecule has 1 aromatic rings. The SMILES string of the molecule is CCCCCC1(C)NC(=O)N(c2ccc(Br)cc2)N1.